The number of nitrogens with two attached hydrogens (primary N) is 1. The highest BCUT2D eigenvalue weighted by atomic mass is 19.4. The van der Waals surface area contributed by atoms with Gasteiger partial charge in [-0.15, -0.1) is 0 Å². The predicted octanol–water partition coefficient (Wildman–Crippen LogP) is 2.74. The van der Waals surface area contributed by atoms with Gasteiger partial charge >= 0.3 is 6.18 Å². The minimum atomic E-state index is -4.49. The maximum atomic E-state index is 12.8. The van der Waals surface area contributed by atoms with Gasteiger partial charge in [-0.1, -0.05) is 6.92 Å². The van der Waals surface area contributed by atoms with E-state index in [0.717, 1.165) is 0 Å². The van der Waals surface area contributed by atoms with Gasteiger partial charge in [-0.25, -0.2) is 0 Å². The minimum absolute atomic E-state index is 0.113. The number of benzene rings is 1. The molecule has 2 N–H and O–H groups in total. The molecule has 1 aromatic carbocycles. The number of hydrogen-bond acceptors (Lipinski definition) is 3. The van der Waals surface area contributed by atoms with Crippen LogP contribution in [0.3, 0.4) is 0 Å². The molecule has 18 heavy (non-hydrogen) atoms. The van der Waals surface area contributed by atoms with Crippen LogP contribution in [0.1, 0.15) is 13.3 Å². The van der Waals surface area contributed by atoms with Crippen molar-refractivity contribution in [1.29, 1.82) is 0 Å². The largest absolute Gasteiger partial charge is 0.497 e. The van der Waals surface area contributed by atoms with E-state index < -0.39 is 18.3 Å². The van der Waals surface area contributed by atoms with Crippen molar-refractivity contribution in [2.75, 3.05) is 7.11 Å². The summed E-state index contributed by atoms with van der Waals surface area (Å²) in [6.07, 6.45) is -6.31. The summed E-state index contributed by atoms with van der Waals surface area (Å²) in [5, 5.41) is 0. The Labute approximate surface area is 104 Å². The number of rotatable bonds is 5. The molecule has 0 radical (unpaired) electrons. The fourth-order valence-electron chi connectivity index (χ4n) is 1.41. The minimum Gasteiger partial charge on any atom is -0.497 e. The van der Waals surface area contributed by atoms with E-state index in [1.54, 1.807) is 6.92 Å². The van der Waals surface area contributed by atoms with Gasteiger partial charge in [0, 0.05) is 0 Å². The molecular formula is C12H16F3NO2. The van der Waals surface area contributed by atoms with Crippen molar-refractivity contribution in [3.8, 4) is 11.5 Å². The molecule has 0 saturated heterocycles. The summed E-state index contributed by atoms with van der Waals surface area (Å²) in [5.74, 6) is 0.660. The summed E-state index contributed by atoms with van der Waals surface area (Å²) >= 11 is 0. The molecule has 6 heteroatoms. The Morgan fingerprint density at radius 1 is 1.17 bits per heavy atom. The molecule has 0 aliphatic heterocycles. The lowest BCUT2D eigenvalue weighted by atomic mass is 10.1. The molecule has 0 aliphatic rings. The van der Waals surface area contributed by atoms with Crippen LogP contribution in [-0.2, 0) is 0 Å². The summed E-state index contributed by atoms with van der Waals surface area (Å²) < 4.78 is 48.1. The third-order valence-corrected chi connectivity index (χ3v) is 2.51. The molecule has 0 spiro atoms. The lowest BCUT2D eigenvalue weighted by molar-refractivity contribution is -0.200. The molecule has 2 unspecified atom stereocenters. The monoisotopic (exact) mass is 263 g/mol. The Hall–Kier alpha value is -1.43. The van der Waals surface area contributed by atoms with Crippen molar-refractivity contribution in [3.05, 3.63) is 24.3 Å². The highest BCUT2D eigenvalue weighted by molar-refractivity contribution is 5.31. The number of halogens is 3. The van der Waals surface area contributed by atoms with Crippen LogP contribution in [0.4, 0.5) is 13.2 Å². The van der Waals surface area contributed by atoms with Gasteiger partial charge in [-0.05, 0) is 30.7 Å². The average Bonchev–Trinajstić information content (AvgIpc) is 2.34. The maximum absolute atomic E-state index is 12.8. The third-order valence-electron chi connectivity index (χ3n) is 2.51. The first-order chi connectivity index (χ1) is 8.38. The van der Waals surface area contributed by atoms with Crippen molar-refractivity contribution in [1.82, 2.24) is 0 Å². The highest BCUT2D eigenvalue weighted by Gasteiger charge is 2.45. The van der Waals surface area contributed by atoms with Crippen LogP contribution in [-0.4, -0.2) is 25.4 Å². The van der Waals surface area contributed by atoms with E-state index in [1.807, 2.05) is 0 Å². The molecule has 2 atom stereocenters. The van der Waals surface area contributed by atoms with Crippen molar-refractivity contribution in [2.24, 2.45) is 5.73 Å². The number of alkyl halides is 3. The quantitative estimate of drug-likeness (QED) is 0.888. The second-order valence-corrected chi connectivity index (χ2v) is 3.83. The molecule has 0 amide bonds. The van der Waals surface area contributed by atoms with Gasteiger partial charge in [0.1, 0.15) is 11.5 Å². The van der Waals surface area contributed by atoms with Crippen LogP contribution in [0.15, 0.2) is 24.3 Å². The lowest BCUT2D eigenvalue weighted by Crippen LogP contribution is -2.48. The molecule has 0 saturated carbocycles. The molecule has 102 valence electrons. The van der Waals surface area contributed by atoms with Crippen molar-refractivity contribution < 1.29 is 22.6 Å². The Morgan fingerprint density at radius 3 is 2.06 bits per heavy atom. The van der Waals surface area contributed by atoms with Gasteiger partial charge in [0.05, 0.1) is 13.2 Å². The van der Waals surface area contributed by atoms with Gasteiger partial charge in [0.2, 0.25) is 6.10 Å². The van der Waals surface area contributed by atoms with E-state index in [0.29, 0.717) is 5.75 Å². The average molecular weight is 263 g/mol. The molecular weight excluding hydrogens is 247 g/mol. The van der Waals surface area contributed by atoms with E-state index in [-0.39, 0.29) is 12.2 Å². The summed E-state index contributed by atoms with van der Waals surface area (Å²) in [7, 11) is 1.47. The van der Waals surface area contributed by atoms with Crippen LogP contribution in [0.25, 0.3) is 0 Å². The van der Waals surface area contributed by atoms with Crippen LogP contribution in [0.2, 0.25) is 0 Å². The SMILES string of the molecule is CCC(N)C(Oc1ccc(OC)cc1)C(F)(F)F. The first-order valence-electron chi connectivity index (χ1n) is 5.51. The maximum Gasteiger partial charge on any atom is 0.426 e. The Balaban J connectivity index is 2.82. The smallest absolute Gasteiger partial charge is 0.426 e. The zero-order chi connectivity index (χ0) is 13.8. The van der Waals surface area contributed by atoms with E-state index in [9.17, 15) is 13.2 Å². The topological polar surface area (TPSA) is 44.5 Å². The number of ether oxygens (including phenoxy) is 2. The normalized spacial score (nSPS) is 15.0. The molecule has 0 aliphatic carbocycles. The first-order valence-corrected chi connectivity index (χ1v) is 5.51. The van der Waals surface area contributed by atoms with Gasteiger partial charge in [0.25, 0.3) is 0 Å². The molecule has 0 bridgehead atoms. The van der Waals surface area contributed by atoms with Crippen molar-refractivity contribution >= 4 is 0 Å². The lowest BCUT2D eigenvalue weighted by Gasteiger charge is -2.26. The Kier molecular flexibility index (Phi) is 4.84. The molecule has 1 aromatic rings. The fourth-order valence-corrected chi connectivity index (χ4v) is 1.41. The van der Waals surface area contributed by atoms with E-state index >= 15 is 0 Å². The zero-order valence-electron chi connectivity index (χ0n) is 10.2. The number of hydrogen-bond donors (Lipinski definition) is 1. The fraction of sp³-hybridized carbons (Fsp3) is 0.500. The van der Waals surface area contributed by atoms with E-state index in [4.69, 9.17) is 15.2 Å². The third kappa shape index (κ3) is 3.80. The predicted molar refractivity (Wildman–Crippen MR) is 61.7 cm³/mol. The summed E-state index contributed by atoms with van der Waals surface area (Å²) in [6, 6.07) is 4.80. The number of methoxy groups -OCH3 is 1. The summed E-state index contributed by atoms with van der Waals surface area (Å²) in [5.41, 5.74) is 5.44. The van der Waals surface area contributed by atoms with Crippen LogP contribution >= 0.6 is 0 Å². The van der Waals surface area contributed by atoms with Crippen LogP contribution in [0, 0.1) is 0 Å². The van der Waals surface area contributed by atoms with E-state index in [1.165, 1.54) is 31.4 Å². The molecule has 0 heterocycles. The van der Waals surface area contributed by atoms with Gasteiger partial charge < -0.3 is 15.2 Å². The summed E-state index contributed by atoms with van der Waals surface area (Å²) in [6.45, 7) is 1.58. The van der Waals surface area contributed by atoms with Gasteiger partial charge in [-0.3, -0.25) is 0 Å². The van der Waals surface area contributed by atoms with E-state index in [2.05, 4.69) is 0 Å². The Bertz CT molecular complexity index is 365. The second-order valence-electron chi connectivity index (χ2n) is 3.83. The van der Waals surface area contributed by atoms with Gasteiger partial charge in [0.15, 0.2) is 0 Å². The molecule has 0 fully saturated rings. The van der Waals surface area contributed by atoms with Gasteiger partial charge in [-0.2, -0.15) is 13.2 Å². The first kappa shape index (κ1) is 14.6. The van der Waals surface area contributed by atoms with Crippen molar-refractivity contribution in [2.45, 2.75) is 31.7 Å². The molecule has 0 aromatic heterocycles. The standard InChI is InChI=1S/C12H16F3NO2/c1-3-10(16)11(12(13,14)15)18-9-6-4-8(17-2)5-7-9/h4-7,10-11H,3,16H2,1-2H3. The molecule has 1 rings (SSSR count). The van der Waals surface area contributed by atoms with Crippen LogP contribution < -0.4 is 15.2 Å². The highest BCUT2D eigenvalue weighted by Crippen LogP contribution is 2.28. The molecule has 3 nitrogen and oxygen atoms in total. The summed E-state index contributed by atoms with van der Waals surface area (Å²) in [4.78, 5) is 0. The van der Waals surface area contributed by atoms with Crippen molar-refractivity contribution in [3.63, 3.8) is 0 Å². The van der Waals surface area contributed by atoms with Crippen LogP contribution in [0.5, 0.6) is 11.5 Å². The zero-order valence-corrected chi connectivity index (χ0v) is 10.2. The second kappa shape index (κ2) is 5.95. The Morgan fingerprint density at radius 2 is 1.67 bits per heavy atom.